The molecule has 0 spiro atoms. The molecule has 4 aromatic heterocycles. The van der Waals surface area contributed by atoms with E-state index in [0.29, 0.717) is 60.1 Å². The molecule has 0 radical (unpaired) electrons. The number of nitrogens with one attached hydrogen (secondary N) is 4. The number of nitrogens with zero attached hydrogens (tertiary/aromatic N) is 17. The quantitative estimate of drug-likeness (QED) is 0.0229. The lowest BCUT2D eigenvalue weighted by Crippen LogP contribution is -2.56. The number of halogens is 4. The molecule has 26 nitrogen and oxygen atoms in total. The van der Waals surface area contributed by atoms with Crippen LogP contribution in [0.1, 0.15) is 222 Å². The van der Waals surface area contributed by atoms with Crippen LogP contribution in [0.5, 0.6) is 0 Å². The van der Waals surface area contributed by atoms with Crippen molar-refractivity contribution in [3.8, 4) is 0 Å². The Bertz CT molecular complexity index is 5460. The average Bonchev–Trinajstić information content (AvgIpc) is 0.788. The van der Waals surface area contributed by atoms with Crippen molar-refractivity contribution in [2.24, 2.45) is 59.2 Å². The van der Waals surface area contributed by atoms with Crippen LogP contribution in [0.15, 0.2) is 97.6 Å². The molecule has 8 atom stereocenters. The van der Waals surface area contributed by atoms with Gasteiger partial charge in [0.2, 0.25) is 29.7 Å². The van der Waals surface area contributed by atoms with Gasteiger partial charge in [-0.3, -0.25) is 9.59 Å². The molecule has 13 heterocycles. The molecule has 19 rings (SSSR count). The number of rotatable bonds is 29. The van der Waals surface area contributed by atoms with Crippen molar-refractivity contribution in [3.63, 3.8) is 0 Å². The van der Waals surface area contributed by atoms with Crippen LogP contribution in [0, 0.1) is 115 Å². The smallest absolute Gasteiger partial charge is 0.306 e. The third-order valence-electron chi connectivity index (χ3n) is 31.7. The lowest BCUT2D eigenvalue weighted by molar-refractivity contribution is -0.147. The summed E-state index contributed by atoms with van der Waals surface area (Å²) in [6, 6.07) is 26.1. The molecule has 9 saturated heterocycles. The second kappa shape index (κ2) is 45.8. The number of aliphatic carboxylic acids is 1. The number of carbonyl (C=O) groups excluding carboxylic acids is 1. The van der Waals surface area contributed by atoms with Gasteiger partial charge in [0.15, 0.2) is 0 Å². The number of aliphatic hydroxyl groups is 2. The number of carbonyl (C=O) groups is 2. The molecular formula is C108H151Cl4N21O5. The van der Waals surface area contributed by atoms with Crippen LogP contribution >= 0.6 is 46.4 Å². The summed E-state index contributed by atoms with van der Waals surface area (Å²) < 4.78 is 0. The second-order valence-corrected chi connectivity index (χ2v) is 44.9. The first-order chi connectivity index (χ1) is 66.1. The van der Waals surface area contributed by atoms with E-state index in [4.69, 9.17) is 66.3 Å². The van der Waals surface area contributed by atoms with Crippen molar-refractivity contribution >= 4 is 105 Å². The van der Waals surface area contributed by atoms with Crippen LogP contribution in [0.2, 0.25) is 20.1 Å². The van der Waals surface area contributed by atoms with Gasteiger partial charge in [-0.15, -0.1) is 0 Å². The van der Waals surface area contributed by atoms with Crippen molar-refractivity contribution in [2.75, 3.05) is 178 Å². The Morgan fingerprint density at radius 3 is 1.03 bits per heavy atom. The van der Waals surface area contributed by atoms with Gasteiger partial charge in [0.1, 0.15) is 23.3 Å². The number of benzene rings is 4. The van der Waals surface area contributed by atoms with Crippen molar-refractivity contribution < 1.29 is 24.9 Å². The maximum absolute atomic E-state index is 11.9. The number of carboxylic acids is 1. The van der Waals surface area contributed by atoms with E-state index in [9.17, 15) is 24.9 Å². The highest BCUT2D eigenvalue weighted by atomic mass is 35.5. The Hall–Kier alpha value is -8.54. The summed E-state index contributed by atoms with van der Waals surface area (Å²) in [4.78, 5) is 82.7. The summed E-state index contributed by atoms with van der Waals surface area (Å²) in [7, 11) is 0. The zero-order valence-electron chi connectivity index (χ0n) is 84.0. The number of hydrogen-bond donors (Lipinski definition) is 7. The number of anilines is 8. The molecule has 11 fully saturated rings. The number of likely N-dealkylation sites (tertiary alicyclic amines) is 5. The zero-order chi connectivity index (χ0) is 97.5. The van der Waals surface area contributed by atoms with Crippen LogP contribution in [-0.2, 0) is 9.59 Å². The topological polar surface area (TPSA) is 275 Å². The van der Waals surface area contributed by atoms with E-state index in [1.54, 1.807) is 0 Å². The summed E-state index contributed by atoms with van der Waals surface area (Å²) in [5.41, 5.74) is 12.4. The molecule has 2 saturated carbocycles. The van der Waals surface area contributed by atoms with Gasteiger partial charge in [-0.2, -0.15) is 19.9 Å². The van der Waals surface area contributed by atoms with Crippen LogP contribution < -0.4 is 40.9 Å². The molecule has 1 amide bonds. The van der Waals surface area contributed by atoms with Gasteiger partial charge in [0, 0.05) is 197 Å². The lowest BCUT2D eigenvalue weighted by Gasteiger charge is -2.50. The van der Waals surface area contributed by atoms with Crippen LogP contribution in [-0.4, -0.2) is 247 Å². The Morgan fingerprint density at radius 2 is 0.725 bits per heavy atom. The van der Waals surface area contributed by atoms with Crippen LogP contribution in [0.3, 0.4) is 0 Å². The van der Waals surface area contributed by atoms with E-state index in [1.807, 2.05) is 109 Å². The summed E-state index contributed by atoms with van der Waals surface area (Å²) in [6.45, 7) is 49.8. The first-order valence-electron chi connectivity index (χ1n) is 51.4. The first-order valence-corrected chi connectivity index (χ1v) is 52.9. The van der Waals surface area contributed by atoms with E-state index in [1.165, 1.54) is 77.3 Å². The van der Waals surface area contributed by atoms with Crippen molar-refractivity contribution in [2.45, 2.75) is 229 Å². The van der Waals surface area contributed by atoms with Gasteiger partial charge in [-0.25, -0.2) is 19.9 Å². The second-order valence-electron chi connectivity index (χ2n) is 43.3. The van der Waals surface area contributed by atoms with Crippen molar-refractivity contribution in [1.82, 2.24) is 64.4 Å². The summed E-state index contributed by atoms with van der Waals surface area (Å²) >= 11 is 26.0. The molecule has 7 N–H and O–H groups in total. The molecule has 0 unspecified atom stereocenters. The molecule has 4 aromatic carbocycles. The third-order valence-corrected chi connectivity index (χ3v) is 33.0. The molecule has 30 heteroatoms. The van der Waals surface area contributed by atoms with Gasteiger partial charge in [-0.05, 0) is 329 Å². The average molecular weight is 1970 g/mol. The maximum Gasteiger partial charge on any atom is 0.306 e. The number of carboxylic acid groups (broad SMARTS) is 1. The first kappa shape index (κ1) is 102. The fourth-order valence-electron chi connectivity index (χ4n) is 22.7. The minimum Gasteiger partial charge on any atom is -0.481 e. The Kier molecular flexibility index (Phi) is 34.0. The number of amides is 1. The molecule has 8 aromatic rings. The van der Waals surface area contributed by atoms with E-state index in [2.05, 4.69) is 170 Å². The van der Waals surface area contributed by atoms with Gasteiger partial charge in [-0.1, -0.05) is 94.9 Å². The highest BCUT2D eigenvalue weighted by Gasteiger charge is 2.46. The molecule has 746 valence electrons. The summed E-state index contributed by atoms with van der Waals surface area (Å²) in [5, 5.41) is 46.0. The Morgan fingerprint density at radius 1 is 0.413 bits per heavy atom. The molecule has 9 aliphatic heterocycles. The fourth-order valence-corrected chi connectivity index (χ4v) is 24.3. The maximum atomic E-state index is 11.9. The normalized spacial score (nSPS) is 24.0. The highest BCUT2D eigenvalue weighted by molar-refractivity contribution is 6.32. The number of aliphatic hydroxyl groups excluding tert-OH is 1. The zero-order valence-corrected chi connectivity index (χ0v) is 87.0. The Balaban J connectivity index is 0.000000133. The fraction of sp³-hybridized carbons (Fsp3) is 0.611. The molecule has 0 bridgehead atoms. The Labute approximate surface area is 839 Å². The van der Waals surface area contributed by atoms with Crippen molar-refractivity contribution in [1.29, 1.82) is 0 Å². The SMILES string of the molecule is Cc1ccc([C@@H](C)Nc2nc(N3CC([C@H]4CCCN(C5CC(C(=O)O)C5)C4)C3)ncc2C)c(Cl)c1.Cc1ccc([C@@H](C)Nc2nc(N3CC([C@H]4CCCN(C5CC(CO)C5)C4)C3)ncc2C)c(Cl)c1.Cc1ccc([C@@H](C)Nc2nc(N3CC([C@H]4CCCN(CC(C)(C)O)C4)C3)ncc2C)c(Cl)c1.Cc1ccc([C@@H](C)Nc2nc(N3CC([C@H]4CCCN(CCN5CCCC5=O)C4)C3)ncc2C)c(Cl)c1. The number of aryl methyl sites for hydroxylation is 8. The highest BCUT2D eigenvalue weighted by Crippen LogP contribution is 2.44. The van der Waals surface area contributed by atoms with E-state index < -0.39 is 11.6 Å². The minimum atomic E-state index is -0.632. The van der Waals surface area contributed by atoms with E-state index in [-0.39, 0.29) is 30.1 Å². The number of piperidine rings is 4. The largest absolute Gasteiger partial charge is 0.481 e. The van der Waals surface area contributed by atoms with Gasteiger partial charge in [0.25, 0.3) is 0 Å². The van der Waals surface area contributed by atoms with E-state index in [0.717, 1.165) is 295 Å². The third kappa shape index (κ3) is 25.7. The predicted molar refractivity (Wildman–Crippen MR) is 560 cm³/mol. The number of hydrogen-bond acceptors (Lipinski definition) is 24. The summed E-state index contributed by atoms with van der Waals surface area (Å²) in [5.74, 6) is 12.4. The number of aromatic nitrogens is 8. The monoisotopic (exact) mass is 1960 g/mol. The van der Waals surface area contributed by atoms with Gasteiger partial charge in [0.05, 0.1) is 35.7 Å². The van der Waals surface area contributed by atoms with Crippen molar-refractivity contribution in [3.05, 3.63) is 184 Å². The van der Waals surface area contributed by atoms with Crippen LogP contribution in [0.4, 0.5) is 47.1 Å². The predicted octanol–water partition coefficient (Wildman–Crippen LogP) is 19.3. The number of β-amino-alcohol motifs (C(OH)–C–C–N with tert-alkyl or cyclic N) is 1. The van der Waals surface area contributed by atoms with Crippen LogP contribution in [0.25, 0.3) is 0 Å². The standard InChI is InChI=1S/C28H39ClN6O.C27H36ClN5O2.C27H38ClN5O.C26H38ClN5O/c1-19-8-9-24(25(29)14-19)21(3)31-27-20(2)15-30-28(32-27)35-17-23(18-35)22-6-4-10-33(16-22)12-13-34-11-5-7-26(34)36;1-16-6-7-23(24(28)9-16)18(3)30-25-17(2)12-29-27(31-25)33-14-21(15-33)19-5-4-8-32(13-19)22-10-20(11-22)26(34)35;1-17-6-7-24(25(28)9-17)19(3)30-26-18(2)12-29-27(31-26)33-14-22(15-33)21-5-4-8-32(13-21)23-10-20(11-23)16-34;1-17-8-9-22(23(27)11-17)19(3)29-24-18(2)12-28-25(30-24)32-14-21(15-32)20-7-6-10-31(13-20)16-26(4,5)33/h8-9,14-15,21-23H,4-7,10-13,16-18H2,1-3H3,(H,30,31,32);6-7,9,12,18-22H,4-5,8,10-11,13-15H2,1-3H3,(H,34,35)(H,29,30,31);6-7,9,12,19-23,34H,4-5,8,10-11,13-16H2,1-3H3,(H,29,30,31);8-9,11-12,19-21,33H,6-7,10,13-16H2,1-5H3,(H,28,29,30)/t21-,22+;18-,19+,20?,22?;19-,20?,21+,23?;19-,20+/m1111/s1. The lowest BCUT2D eigenvalue weighted by atomic mass is 9.76. The summed E-state index contributed by atoms with van der Waals surface area (Å²) in [6.07, 6.45) is 23.6. The minimum absolute atomic E-state index is 0.0362. The van der Waals surface area contributed by atoms with Gasteiger partial charge >= 0.3 is 5.97 Å². The molecular weight excluding hydrogens is 1810 g/mol. The molecule has 2 aliphatic carbocycles. The molecule has 11 aliphatic rings. The van der Waals surface area contributed by atoms with E-state index >= 15 is 0 Å². The molecule has 138 heavy (non-hydrogen) atoms. The van der Waals surface area contributed by atoms with Gasteiger partial charge < -0.3 is 80.7 Å².